The smallest absolute Gasteiger partial charge is 0.255 e. The van der Waals surface area contributed by atoms with E-state index >= 15 is 0 Å². The van der Waals surface area contributed by atoms with E-state index in [-0.39, 0.29) is 10.8 Å². The summed E-state index contributed by atoms with van der Waals surface area (Å²) in [6, 6.07) is 13.2. The van der Waals surface area contributed by atoms with Crippen LogP contribution in [-0.2, 0) is 10.0 Å². The van der Waals surface area contributed by atoms with Crippen LogP contribution >= 0.6 is 0 Å². The number of methoxy groups -OCH3 is 1. The van der Waals surface area contributed by atoms with Crippen LogP contribution in [0.5, 0.6) is 5.75 Å². The molecule has 1 N–H and O–H groups in total. The molecule has 3 rings (SSSR count). The zero-order valence-corrected chi connectivity index (χ0v) is 16.2. The number of nitrogens with one attached hydrogen (secondary N) is 1. The van der Waals surface area contributed by atoms with Crippen LogP contribution < -0.4 is 10.1 Å². The number of hydrogen-bond acceptors (Lipinski definition) is 4. The summed E-state index contributed by atoms with van der Waals surface area (Å²) in [5.41, 5.74) is 0.883. The van der Waals surface area contributed by atoms with Crippen LogP contribution in [0.2, 0.25) is 0 Å². The lowest BCUT2D eigenvalue weighted by molar-refractivity contribution is 0.102. The lowest BCUT2D eigenvalue weighted by Crippen LogP contribution is -2.32. The van der Waals surface area contributed by atoms with Gasteiger partial charge in [0.15, 0.2) is 0 Å². The molecule has 0 aromatic heterocycles. The fraction of sp³-hybridized carbons (Fsp3) is 0.350. The third-order valence-electron chi connectivity index (χ3n) is 4.63. The van der Waals surface area contributed by atoms with Gasteiger partial charge in [0.2, 0.25) is 10.0 Å². The molecule has 1 fully saturated rings. The molecular weight excluding hydrogens is 364 g/mol. The van der Waals surface area contributed by atoms with Crippen LogP contribution in [0.1, 0.15) is 36.0 Å². The van der Waals surface area contributed by atoms with Gasteiger partial charge < -0.3 is 10.1 Å². The monoisotopic (exact) mass is 388 g/mol. The number of amides is 1. The Kier molecular flexibility index (Phi) is 6.13. The van der Waals surface area contributed by atoms with Crippen LogP contribution in [0, 0.1) is 0 Å². The lowest BCUT2D eigenvalue weighted by atomic mass is 10.2. The Balaban J connectivity index is 1.79. The Bertz CT molecular complexity index is 904. The number of ether oxygens (including phenoxy) is 1. The summed E-state index contributed by atoms with van der Waals surface area (Å²) in [6.45, 7) is 1.09. The predicted molar refractivity (Wildman–Crippen MR) is 105 cm³/mol. The molecule has 1 amide bonds. The molecule has 1 aliphatic heterocycles. The molecule has 1 saturated heterocycles. The van der Waals surface area contributed by atoms with E-state index < -0.39 is 10.0 Å². The number of benzene rings is 2. The molecule has 2 aromatic carbocycles. The molecular formula is C20H24N2O4S. The minimum Gasteiger partial charge on any atom is -0.497 e. The van der Waals surface area contributed by atoms with E-state index in [1.54, 1.807) is 46.8 Å². The minimum atomic E-state index is -3.56. The molecule has 0 atom stereocenters. The highest BCUT2D eigenvalue weighted by Gasteiger charge is 2.25. The minimum absolute atomic E-state index is 0.202. The molecule has 0 spiro atoms. The Morgan fingerprint density at radius 1 is 1.00 bits per heavy atom. The van der Waals surface area contributed by atoms with Crippen LogP contribution in [0.15, 0.2) is 53.4 Å². The number of hydrogen-bond donors (Lipinski definition) is 1. The molecule has 0 radical (unpaired) electrons. The molecule has 7 heteroatoms. The number of rotatable bonds is 5. The average Bonchev–Trinajstić information content (AvgIpc) is 2.98. The van der Waals surface area contributed by atoms with Gasteiger partial charge in [-0.3, -0.25) is 4.79 Å². The average molecular weight is 388 g/mol. The number of nitrogens with zero attached hydrogens (tertiary/aromatic N) is 1. The molecule has 0 unspecified atom stereocenters. The van der Waals surface area contributed by atoms with Crippen LogP contribution in [-0.4, -0.2) is 38.8 Å². The van der Waals surface area contributed by atoms with E-state index in [0.29, 0.717) is 30.1 Å². The Hall–Kier alpha value is -2.38. The van der Waals surface area contributed by atoms with Crippen molar-refractivity contribution in [3.8, 4) is 5.75 Å². The van der Waals surface area contributed by atoms with E-state index in [1.165, 1.54) is 13.2 Å². The first-order chi connectivity index (χ1) is 13.0. The van der Waals surface area contributed by atoms with Crippen LogP contribution in [0.25, 0.3) is 0 Å². The maximum atomic E-state index is 12.9. The van der Waals surface area contributed by atoms with Gasteiger partial charge >= 0.3 is 0 Å². The van der Waals surface area contributed by atoms with E-state index in [4.69, 9.17) is 4.74 Å². The van der Waals surface area contributed by atoms with Gasteiger partial charge in [0.1, 0.15) is 5.75 Å². The van der Waals surface area contributed by atoms with Crippen molar-refractivity contribution in [3.05, 3.63) is 54.1 Å². The van der Waals surface area contributed by atoms with Crippen molar-refractivity contribution in [2.24, 2.45) is 0 Å². The SMILES string of the molecule is COc1cccc(C(=O)Nc2cccc(S(=O)(=O)N3CCCCCC3)c2)c1. The number of carbonyl (C=O) groups is 1. The topological polar surface area (TPSA) is 75.7 Å². The third-order valence-corrected chi connectivity index (χ3v) is 6.52. The molecule has 0 aliphatic carbocycles. The highest BCUT2D eigenvalue weighted by atomic mass is 32.2. The second-order valence-electron chi connectivity index (χ2n) is 6.53. The highest BCUT2D eigenvalue weighted by Crippen LogP contribution is 2.23. The molecule has 0 saturated carbocycles. The fourth-order valence-electron chi connectivity index (χ4n) is 3.13. The number of carbonyl (C=O) groups excluding carboxylic acids is 1. The Morgan fingerprint density at radius 3 is 2.41 bits per heavy atom. The first-order valence-corrected chi connectivity index (χ1v) is 10.5. The van der Waals surface area contributed by atoms with Gasteiger partial charge in [-0.1, -0.05) is 25.0 Å². The van der Waals surface area contributed by atoms with E-state index in [9.17, 15) is 13.2 Å². The number of sulfonamides is 1. The van der Waals surface area contributed by atoms with Gasteiger partial charge in [0, 0.05) is 24.3 Å². The van der Waals surface area contributed by atoms with Gasteiger partial charge in [-0.05, 0) is 49.2 Å². The largest absolute Gasteiger partial charge is 0.497 e. The highest BCUT2D eigenvalue weighted by molar-refractivity contribution is 7.89. The Morgan fingerprint density at radius 2 is 1.70 bits per heavy atom. The summed E-state index contributed by atoms with van der Waals surface area (Å²) < 4.78 is 32.5. The number of anilines is 1. The summed E-state index contributed by atoms with van der Waals surface area (Å²) in [5, 5.41) is 2.76. The molecule has 144 valence electrons. The summed E-state index contributed by atoms with van der Waals surface area (Å²) in [7, 11) is -2.02. The molecule has 2 aromatic rings. The summed E-state index contributed by atoms with van der Waals surface area (Å²) in [4.78, 5) is 12.7. The molecule has 27 heavy (non-hydrogen) atoms. The van der Waals surface area contributed by atoms with E-state index in [0.717, 1.165) is 25.7 Å². The van der Waals surface area contributed by atoms with Gasteiger partial charge in [0.25, 0.3) is 5.91 Å². The van der Waals surface area contributed by atoms with Crippen molar-refractivity contribution < 1.29 is 17.9 Å². The molecule has 1 aliphatic rings. The quantitative estimate of drug-likeness (QED) is 0.850. The van der Waals surface area contributed by atoms with Gasteiger partial charge in [-0.25, -0.2) is 8.42 Å². The second kappa shape index (κ2) is 8.54. The van der Waals surface area contributed by atoms with E-state index in [2.05, 4.69) is 5.32 Å². The van der Waals surface area contributed by atoms with Crippen molar-refractivity contribution in [2.45, 2.75) is 30.6 Å². The van der Waals surface area contributed by atoms with Gasteiger partial charge in [-0.15, -0.1) is 0 Å². The van der Waals surface area contributed by atoms with Crippen molar-refractivity contribution in [3.63, 3.8) is 0 Å². The van der Waals surface area contributed by atoms with Crippen molar-refractivity contribution in [1.29, 1.82) is 0 Å². The lowest BCUT2D eigenvalue weighted by Gasteiger charge is -2.20. The summed E-state index contributed by atoms with van der Waals surface area (Å²) in [5.74, 6) is 0.262. The zero-order chi connectivity index (χ0) is 19.3. The third kappa shape index (κ3) is 4.67. The summed E-state index contributed by atoms with van der Waals surface area (Å²) >= 11 is 0. The van der Waals surface area contributed by atoms with Crippen LogP contribution in [0.4, 0.5) is 5.69 Å². The fourth-order valence-corrected chi connectivity index (χ4v) is 4.70. The summed E-state index contributed by atoms with van der Waals surface area (Å²) in [6.07, 6.45) is 3.88. The van der Waals surface area contributed by atoms with E-state index in [1.807, 2.05) is 0 Å². The van der Waals surface area contributed by atoms with Crippen molar-refractivity contribution >= 4 is 21.6 Å². The molecule has 6 nitrogen and oxygen atoms in total. The van der Waals surface area contributed by atoms with Gasteiger partial charge in [-0.2, -0.15) is 4.31 Å². The standard InChI is InChI=1S/C20H24N2O4S/c1-26-18-10-6-8-16(14-18)20(23)21-17-9-7-11-19(15-17)27(24,25)22-12-4-2-3-5-13-22/h6-11,14-15H,2-5,12-13H2,1H3,(H,21,23). The van der Waals surface area contributed by atoms with Crippen molar-refractivity contribution in [1.82, 2.24) is 4.31 Å². The molecule has 0 bridgehead atoms. The first kappa shape index (κ1) is 19.4. The predicted octanol–water partition coefficient (Wildman–Crippen LogP) is 3.51. The van der Waals surface area contributed by atoms with Gasteiger partial charge in [0.05, 0.1) is 12.0 Å². The second-order valence-corrected chi connectivity index (χ2v) is 8.47. The maximum Gasteiger partial charge on any atom is 0.255 e. The maximum absolute atomic E-state index is 12.9. The molecule has 1 heterocycles. The van der Waals surface area contributed by atoms with Crippen LogP contribution in [0.3, 0.4) is 0 Å². The normalized spacial score (nSPS) is 15.7. The zero-order valence-electron chi connectivity index (χ0n) is 15.3. The first-order valence-electron chi connectivity index (χ1n) is 9.06. The Labute approximate surface area is 160 Å². The van der Waals surface area contributed by atoms with Crippen molar-refractivity contribution in [2.75, 3.05) is 25.5 Å².